The zero-order valence-electron chi connectivity index (χ0n) is 22.2. The third-order valence-electron chi connectivity index (χ3n) is 8.17. The Morgan fingerprint density at radius 3 is 2.19 bits per heavy atom. The van der Waals surface area contributed by atoms with Crippen LogP contribution < -0.4 is 0 Å². The van der Waals surface area contributed by atoms with E-state index >= 15 is 0 Å². The standard InChI is InChI=1S/C36H33N/c1-7-14-23(8-2)32-25-17-12-13-18-26(25)33(24-15-10-9-11-16-24)27-19-29-31(20-28(27)32)37-21-30-34(29)36(5,6)22-35(30,3)4/h7-21H,1-2,22H2,3-6H3/b23-14+. The predicted molar refractivity (Wildman–Crippen MR) is 161 cm³/mol. The Labute approximate surface area is 219 Å². The van der Waals surface area contributed by atoms with Crippen LogP contribution in [-0.2, 0) is 10.8 Å². The summed E-state index contributed by atoms with van der Waals surface area (Å²) in [6.07, 6.45) is 9.09. The number of hydrogen-bond acceptors (Lipinski definition) is 1. The molecule has 1 aliphatic carbocycles. The number of fused-ring (bicyclic) bond motifs is 5. The van der Waals surface area contributed by atoms with Crippen LogP contribution in [0.1, 0.15) is 50.8 Å². The Balaban J connectivity index is 1.88. The molecule has 0 aliphatic heterocycles. The normalized spacial score (nSPS) is 16.3. The van der Waals surface area contributed by atoms with Crippen molar-refractivity contribution in [3.63, 3.8) is 0 Å². The van der Waals surface area contributed by atoms with E-state index in [-0.39, 0.29) is 10.8 Å². The highest BCUT2D eigenvalue weighted by molar-refractivity contribution is 6.21. The second-order valence-corrected chi connectivity index (χ2v) is 11.6. The predicted octanol–water partition coefficient (Wildman–Crippen LogP) is 9.92. The third-order valence-corrected chi connectivity index (χ3v) is 8.17. The zero-order valence-corrected chi connectivity index (χ0v) is 22.2. The van der Waals surface area contributed by atoms with Crippen molar-refractivity contribution in [3.8, 4) is 11.1 Å². The summed E-state index contributed by atoms with van der Waals surface area (Å²) < 4.78 is 0. The van der Waals surface area contributed by atoms with Gasteiger partial charge in [0.05, 0.1) is 5.52 Å². The highest BCUT2D eigenvalue weighted by Gasteiger charge is 2.43. The first-order valence-electron chi connectivity index (χ1n) is 13.1. The monoisotopic (exact) mass is 479 g/mol. The van der Waals surface area contributed by atoms with Crippen LogP contribution in [0.25, 0.3) is 49.1 Å². The molecule has 1 aromatic heterocycles. The Kier molecular flexibility index (Phi) is 5.24. The molecule has 1 aliphatic rings. The molecule has 0 fully saturated rings. The molecule has 0 unspecified atom stereocenters. The Morgan fingerprint density at radius 2 is 1.49 bits per heavy atom. The summed E-state index contributed by atoms with van der Waals surface area (Å²) in [5.41, 5.74) is 8.81. The number of rotatable bonds is 4. The lowest BCUT2D eigenvalue weighted by atomic mass is 9.80. The second kappa shape index (κ2) is 8.28. The van der Waals surface area contributed by atoms with Crippen LogP contribution in [0.15, 0.2) is 104 Å². The lowest BCUT2D eigenvalue weighted by Gasteiger charge is -2.23. The summed E-state index contributed by atoms with van der Waals surface area (Å²) in [4.78, 5) is 5.05. The summed E-state index contributed by atoms with van der Waals surface area (Å²) in [5, 5.41) is 6.17. The average molecular weight is 480 g/mol. The number of aromatic nitrogens is 1. The van der Waals surface area contributed by atoms with Gasteiger partial charge in [-0.1, -0.05) is 114 Å². The Hall–Kier alpha value is -3.97. The highest BCUT2D eigenvalue weighted by Crippen LogP contribution is 2.52. The molecule has 0 saturated heterocycles. The van der Waals surface area contributed by atoms with Crippen LogP contribution >= 0.6 is 0 Å². The smallest absolute Gasteiger partial charge is 0.0711 e. The van der Waals surface area contributed by atoms with Crippen molar-refractivity contribution in [2.24, 2.45) is 0 Å². The molecule has 5 aromatic rings. The molecule has 1 heterocycles. The van der Waals surface area contributed by atoms with Gasteiger partial charge in [-0.2, -0.15) is 0 Å². The van der Waals surface area contributed by atoms with Crippen molar-refractivity contribution in [2.75, 3.05) is 0 Å². The zero-order chi connectivity index (χ0) is 25.9. The minimum Gasteiger partial charge on any atom is -0.256 e. The van der Waals surface area contributed by atoms with E-state index in [1.807, 2.05) is 12.2 Å². The molecule has 0 radical (unpaired) electrons. The van der Waals surface area contributed by atoms with E-state index in [1.54, 1.807) is 0 Å². The number of benzene rings is 4. The summed E-state index contributed by atoms with van der Waals surface area (Å²) in [6.45, 7) is 17.6. The van der Waals surface area contributed by atoms with E-state index in [0.717, 1.165) is 17.5 Å². The first-order valence-corrected chi connectivity index (χ1v) is 13.1. The first kappa shape index (κ1) is 23.4. The van der Waals surface area contributed by atoms with E-state index in [9.17, 15) is 0 Å². The lowest BCUT2D eigenvalue weighted by Crippen LogP contribution is -2.18. The fraction of sp³-hybridized carbons (Fsp3) is 0.194. The van der Waals surface area contributed by atoms with Gasteiger partial charge < -0.3 is 0 Å². The van der Waals surface area contributed by atoms with Gasteiger partial charge in [0.25, 0.3) is 0 Å². The summed E-state index contributed by atoms with van der Waals surface area (Å²) >= 11 is 0. The molecule has 0 atom stereocenters. The van der Waals surface area contributed by atoms with Gasteiger partial charge in [-0.3, -0.25) is 4.98 Å². The van der Waals surface area contributed by atoms with E-state index in [0.29, 0.717) is 0 Å². The number of allylic oxidation sites excluding steroid dienone is 4. The van der Waals surface area contributed by atoms with Gasteiger partial charge in [0.2, 0.25) is 0 Å². The molecule has 6 rings (SSSR count). The lowest BCUT2D eigenvalue weighted by molar-refractivity contribution is 0.404. The molecular formula is C36H33N. The average Bonchev–Trinajstić information content (AvgIpc) is 3.08. The molecule has 182 valence electrons. The minimum atomic E-state index is 0.0787. The van der Waals surface area contributed by atoms with Crippen LogP contribution in [0.4, 0.5) is 0 Å². The van der Waals surface area contributed by atoms with Crippen molar-refractivity contribution in [1.82, 2.24) is 4.98 Å². The van der Waals surface area contributed by atoms with Gasteiger partial charge in [-0.15, -0.1) is 0 Å². The van der Waals surface area contributed by atoms with Gasteiger partial charge >= 0.3 is 0 Å². The van der Waals surface area contributed by atoms with Crippen molar-refractivity contribution >= 4 is 38.0 Å². The largest absolute Gasteiger partial charge is 0.256 e. The molecule has 0 N–H and O–H groups in total. The minimum absolute atomic E-state index is 0.0787. The van der Waals surface area contributed by atoms with Gasteiger partial charge in [-0.05, 0) is 84.3 Å². The van der Waals surface area contributed by atoms with Gasteiger partial charge in [-0.25, -0.2) is 0 Å². The van der Waals surface area contributed by atoms with Gasteiger partial charge in [0.1, 0.15) is 0 Å². The van der Waals surface area contributed by atoms with E-state index in [1.165, 1.54) is 54.7 Å². The van der Waals surface area contributed by atoms with E-state index in [4.69, 9.17) is 4.98 Å². The second-order valence-electron chi connectivity index (χ2n) is 11.6. The molecule has 4 aromatic carbocycles. The van der Waals surface area contributed by atoms with Crippen LogP contribution in [0.5, 0.6) is 0 Å². The molecular weight excluding hydrogens is 446 g/mol. The van der Waals surface area contributed by atoms with Crippen LogP contribution in [0.3, 0.4) is 0 Å². The maximum atomic E-state index is 5.05. The molecule has 1 nitrogen and oxygen atoms in total. The molecule has 0 saturated carbocycles. The Morgan fingerprint density at radius 1 is 0.784 bits per heavy atom. The van der Waals surface area contributed by atoms with E-state index in [2.05, 4.69) is 120 Å². The first-order chi connectivity index (χ1) is 17.8. The van der Waals surface area contributed by atoms with Crippen molar-refractivity contribution in [1.29, 1.82) is 0 Å². The SMILES string of the molecule is C=C/C=C(\C=C)c1c2ccccc2c(-c2ccccc2)c2cc3c4c(cnc3cc12)C(C)(C)CC4(C)C. The summed E-state index contributed by atoms with van der Waals surface area (Å²) in [6, 6.07) is 24.3. The maximum absolute atomic E-state index is 5.05. The molecule has 0 amide bonds. The summed E-state index contributed by atoms with van der Waals surface area (Å²) in [5.74, 6) is 0. The quantitative estimate of drug-likeness (QED) is 0.185. The van der Waals surface area contributed by atoms with Gasteiger partial charge in [0.15, 0.2) is 0 Å². The Bertz CT molecular complexity index is 1760. The molecule has 0 spiro atoms. The highest BCUT2D eigenvalue weighted by atomic mass is 14.7. The number of hydrogen-bond donors (Lipinski definition) is 0. The summed E-state index contributed by atoms with van der Waals surface area (Å²) in [7, 11) is 0. The topological polar surface area (TPSA) is 12.9 Å². The van der Waals surface area contributed by atoms with Crippen LogP contribution in [-0.4, -0.2) is 4.98 Å². The fourth-order valence-electron chi connectivity index (χ4n) is 7.00. The van der Waals surface area contributed by atoms with Crippen molar-refractivity contribution < 1.29 is 0 Å². The van der Waals surface area contributed by atoms with Crippen LogP contribution in [0.2, 0.25) is 0 Å². The third kappa shape index (κ3) is 3.49. The fourth-order valence-corrected chi connectivity index (χ4v) is 7.00. The number of pyridine rings is 1. The molecule has 1 heteroatoms. The van der Waals surface area contributed by atoms with Crippen LogP contribution in [0, 0.1) is 0 Å². The molecule has 37 heavy (non-hydrogen) atoms. The maximum Gasteiger partial charge on any atom is 0.0711 e. The van der Waals surface area contributed by atoms with Crippen molar-refractivity contribution in [3.05, 3.63) is 121 Å². The molecule has 0 bridgehead atoms. The van der Waals surface area contributed by atoms with Crippen molar-refractivity contribution in [2.45, 2.75) is 44.9 Å². The van der Waals surface area contributed by atoms with E-state index < -0.39 is 0 Å². The number of nitrogens with zero attached hydrogens (tertiary/aromatic N) is 1. The van der Waals surface area contributed by atoms with Gasteiger partial charge in [0, 0.05) is 11.6 Å².